The van der Waals surface area contributed by atoms with Gasteiger partial charge in [0.15, 0.2) is 0 Å². The van der Waals surface area contributed by atoms with Crippen molar-refractivity contribution in [3.63, 3.8) is 0 Å². The summed E-state index contributed by atoms with van der Waals surface area (Å²) in [6, 6.07) is 7.74. The fraction of sp³-hybridized carbons (Fsp3) is 0.467. The summed E-state index contributed by atoms with van der Waals surface area (Å²) < 4.78 is 6.17. The maximum Gasteiger partial charge on any atom is 0.250 e. The number of aliphatic hydroxyl groups is 1. The molecule has 0 aliphatic rings. The molecule has 0 amide bonds. The summed E-state index contributed by atoms with van der Waals surface area (Å²) >= 11 is 0. The highest BCUT2D eigenvalue weighted by Crippen LogP contribution is 2.37. The standard InChI is InChI=1S/C15H22O2Si/c1-15(2,3)18(4,5)17-14-10-8-13(9-11-14)7-6-12-16/h8-11,16H,12H2,1-5H3. The minimum atomic E-state index is -1.76. The van der Waals surface area contributed by atoms with E-state index < -0.39 is 8.32 Å². The lowest BCUT2D eigenvalue weighted by Crippen LogP contribution is -2.43. The van der Waals surface area contributed by atoms with E-state index in [9.17, 15) is 0 Å². The molecule has 0 fully saturated rings. The van der Waals surface area contributed by atoms with Gasteiger partial charge in [-0.15, -0.1) is 0 Å². The molecule has 0 aliphatic heterocycles. The summed E-state index contributed by atoms with van der Waals surface area (Å²) in [7, 11) is -1.76. The van der Waals surface area contributed by atoms with Gasteiger partial charge in [-0.05, 0) is 42.4 Å². The van der Waals surface area contributed by atoms with Crippen molar-refractivity contribution in [2.45, 2.75) is 38.9 Å². The van der Waals surface area contributed by atoms with E-state index in [1.54, 1.807) is 0 Å². The normalized spacial score (nSPS) is 11.7. The van der Waals surface area contributed by atoms with Crippen LogP contribution in [0.3, 0.4) is 0 Å². The van der Waals surface area contributed by atoms with E-state index in [1.807, 2.05) is 24.3 Å². The highest BCUT2D eigenvalue weighted by molar-refractivity contribution is 6.74. The first-order chi connectivity index (χ1) is 8.26. The zero-order chi connectivity index (χ0) is 13.8. The molecule has 0 saturated heterocycles. The average Bonchev–Trinajstić information content (AvgIpc) is 2.26. The molecule has 0 heterocycles. The Bertz CT molecular complexity index is 444. The first-order valence-electron chi connectivity index (χ1n) is 6.15. The van der Waals surface area contributed by atoms with E-state index in [2.05, 4.69) is 45.7 Å². The van der Waals surface area contributed by atoms with E-state index in [4.69, 9.17) is 9.53 Å². The second kappa shape index (κ2) is 5.60. The highest BCUT2D eigenvalue weighted by Gasteiger charge is 2.38. The Morgan fingerprint density at radius 3 is 2.17 bits per heavy atom. The van der Waals surface area contributed by atoms with E-state index >= 15 is 0 Å². The molecule has 18 heavy (non-hydrogen) atoms. The zero-order valence-electron chi connectivity index (χ0n) is 11.9. The van der Waals surface area contributed by atoms with Gasteiger partial charge in [0.05, 0.1) is 0 Å². The number of rotatable bonds is 2. The molecule has 0 spiro atoms. The van der Waals surface area contributed by atoms with Crippen molar-refractivity contribution in [3.8, 4) is 17.6 Å². The Kier molecular flexibility index (Phi) is 4.61. The van der Waals surface area contributed by atoms with Gasteiger partial charge < -0.3 is 9.53 Å². The minimum absolute atomic E-state index is 0.109. The molecule has 0 saturated carbocycles. The van der Waals surface area contributed by atoms with Crippen molar-refractivity contribution >= 4 is 8.32 Å². The smallest absolute Gasteiger partial charge is 0.250 e. The van der Waals surface area contributed by atoms with Gasteiger partial charge in [0.25, 0.3) is 0 Å². The Labute approximate surface area is 111 Å². The number of hydrogen-bond donors (Lipinski definition) is 1. The van der Waals surface area contributed by atoms with Crippen LogP contribution in [0.4, 0.5) is 0 Å². The molecule has 1 aromatic carbocycles. The molecule has 0 unspecified atom stereocenters. The van der Waals surface area contributed by atoms with Crippen molar-refractivity contribution in [1.29, 1.82) is 0 Å². The van der Waals surface area contributed by atoms with Crippen molar-refractivity contribution in [1.82, 2.24) is 0 Å². The van der Waals surface area contributed by atoms with Crippen LogP contribution >= 0.6 is 0 Å². The Morgan fingerprint density at radius 1 is 1.17 bits per heavy atom. The summed E-state index contributed by atoms with van der Waals surface area (Å²) in [6.45, 7) is 11.0. The van der Waals surface area contributed by atoms with Crippen LogP contribution in [0, 0.1) is 11.8 Å². The van der Waals surface area contributed by atoms with Crippen LogP contribution in [0.1, 0.15) is 26.3 Å². The minimum Gasteiger partial charge on any atom is -0.544 e. The molecule has 3 heteroatoms. The summed E-state index contributed by atoms with van der Waals surface area (Å²) in [6.07, 6.45) is 0. The van der Waals surface area contributed by atoms with Gasteiger partial charge >= 0.3 is 0 Å². The largest absolute Gasteiger partial charge is 0.544 e. The van der Waals surface area contributed by atoms with Crippen molar-refractivity contribution in [3.05, 3.63) is 29.8 Å². The molecular formula is C15H22O2Si. The van der Waals surface area contributed by atoms with Gasteiger partial charge in [-0.3, -0.25) is 0 Å². The summed E-state index contributed by atoms with van der Waals surface area (Å²) in [5.74, 6) is 6.40. The SMILES string of the molecule is CC(C)(C)[Si](C)(C)Oc1ccc(C#CCO)cc1. The Morgan fingerprint density at radius 2 is 1.72 bits per heavy atom. The van der Waals surface area contributed by atoms with Crippen LogP contribution in [-0.4, -0.2) is 20.0 Å². The molecular weight excluding hydrogens is 240 g/mol. The quantitative estimate of drug-likeness (QED) is 0.654. The molecule has 0 atom stereocenters. The van der Waals surface area contributed by atoms with Gasteiger partial charge in [0.1, 0.15) is 12.4 Å². The first-order valence-corrected chi connectivity index (χ1v) is 9.06. The predicted molar refractivity (Wildman–Crippen MR) is 78.2 cm³/mol. The summed E-state index contributed by atoms with van der Waals surface area (Å²) in [5, 5.41) is 8.83. The average molecular weight is 262 g/mol. The van der Waals surface area contributed by atoms with E-state index in [-0.39, 0.29) is 11.6 Å². The summed E-state index contributed by atoms with van der Waals surface area (Å²) in [4.78, 5) is 0. The van der Waals surface area contributed by atoms with E-state index in [0.717, 1.165) is 11.3 Å². The lowest BCUT2D eigenvalue weighted by molar-refractivity contribution is 0.350. The molecule has 0 radical (unpaired) electrons. The van der Waals surface area contributed by atoms with Gasteiger partial charge in [0, 0.05) is 5.56 Å². The van der Waals surface area contributed by atoms with Crippen LogP contribution in [0.25, 0.3) is 0 Å². The van der Waals surface area contributed by atoms with E-state index in [0.29, 0.717) is 0 Å². The second-order valence-electron chi connectivity index (χ2n) is 5.85. The van der Waals surface area contributed by atoms with Gasteiger partial charge in [-0.1, -0.05) is 32.6 Å². The maximum absolute atomic E-state index is 8.63. The fourth-order valence-corrected chi connectivity index (χ4v) is 2.23. The van der Waals surface area contributed by atoms with Crippen LogP contribution in [0.2, 0.25) is 18.1 Å². The van der Waals surface area contributed by atoms with Crippen molar-refractivity contribution in [2.24, 2.45) is 0 Å². The molecule has 98 valence electrons. The number of benzene rings is 1. The van der Waals surface area contributed by atoms with Crippen molar-refractivity contribution in [2.75, 3.05) is 6.61 Å². The van der Waals surface area contributed by atoms with Gasteiger partial charge in [0.2, 0.25) is 8.32 Å². The maximum atomic E-state index is 8.63. The van der Waals surface area contributed by atoms with E-state index in [1.165, 1.54) is 0 Å². The molecule has 0 aromatic heterocycles. The van der Waals surface area contributed by atoms with Crippen LogP contribution in [0.5, 0.6) is 5.75 Å². The monoisotopic (exact) mass is 262 g/mol. The Balaban J connectivity index is 2.81. The molecule has 0 aliphatic carbocycles. The predicted octanol–water partition coefficient (Wildman–Crippen LogP) is 3.41. The zero-order valence-corrected chi connectivity index (χ0v) is 12.9. The third-order valence-corrected chi connectivity index (χ3v) is 7.70. The third kappa shape index (κ3) is 3.90. The van der Waals surface area contributed by atoms with Crippen LogP contribution in [0.15, 0.2) is 24.3 Å². The summed E-state index contributed by atoms with van der Waals surface area (Å²) in [5.41, 5.74) is 0.895. The first kappa shape index (κ1) is 14.8. The van der Waals surface area contributed by atoms with Crippen molar-refractivity contribution < 1.29 is 9.53 Å². The fourth-order valence-electron chi connectivity index (χ4n) is 1.20. The molecule has 1 rings (SSSR count). The molecule has 1 N–H and O–H groups in total. The second-order valence-corrected chi connectivity index (χ2v) is 10.6. The number of aliphatic hydroxyl groups excluding tert-OH is 1. The third-order valence-electron chi connectivity index (χ3n) is 3.35. The lowest BCUT2D eigenvalue weighted by atomic mass is 10.2. The van der Waals surface area contributed by atoms with Gasteiger partial charge in [-0.25, -0.2) is 0 Å². The Hall–Kier alpha value is -1.24. The molecule has 1 aromatic rings. The lowest BCUT2D eigenvalue weighted by Gasteiger charge is -2.36. The highest BCUT2D eigenvalue weighted by atomic mass is 28.4. The molecule has 2 nitrogen and oxygen atoms in total. The van der Waals surface area contributed by atoms with Crippen LogP contribution < -0.4 is 4.43 Å². The topological polar surface area (TPSA) is 29.5 Å². The van der Waals surface area contributed by atoms with Crippen LogP contribution in [-0.2, 0) is 0 Å². The van der Waals surface area contributed by atoms with Gasteiger partial charge in [-0.2, -0.15) is 0 Å². The molecule has 0 bridgehead atoms. The number of hydrogen-bond acceptors (Lipinski definition) is 2.